The quantitative estimate of drug-likeness (QED) is 0.747. The van der Waals surface area contributed by atoms with Gasteiger partial charge in [0.1, 0.15) is 0 Å². The summed E-state index contributed by atoms with van der Waals surface area (Å²) in [6, 6.07) is 8.86. The average Bonchev–Trinajstić information content (AvgIpc) is 2.62. The highest BCUT2D eigenvalue weighted by atomic mass is 15.2. The molecule has 2 heterocycles. The van der Waals surface area contributed by atoms with Crippen molar-refractivity contribution in [3.63, 3.8) is 0 Å². The first kappa shape index (κ1) is 9.22. The fourth-order valence-electron chi connectivity index (χ4n) is 2.75. The van der Waals surface area contributed by atoms with Crippen molar-refractivity contribution in [3.8, 4) is 0 Å². The number of hydrogen-bond acceptors (Lipinski definition) is 2. The molecule has 15 heavy (non-hydrogen) atoms. The maximum Gasteiger partial charge on any atom is 0.0369 e. The second-order valence-corrected chi connectivity index (χ2v) is 5.11. The van der Waals surface area contributed by atoms with Gasteiger partial charge in [0.15, 0.2) is 0 Å². The monoisotopic (exact) mass is 202 g/mol. The zero-order valence-electron chi connectivity index (χ0n) is 9.29. The van der Waals surface area contributed by atoms with Gasteiger partial charge in [-0.25, -0.2) is 0 Å². The van der Waals surface area contributed by atoms with E-state index in [0.717, 1.165) is 0 Å². The zero-order valence-corrected chi connectivity index (χ0v) is 9.29. The normalized spacial score (nSPS) is 23.1. The van der Waals surface area contributed by atoms with Crippen molar-refractivity contribution in [3.05, 3.63) is 29.8 Å². The molecule has 2 fully saturated rings. The van der Waals surface area contributed by atoms with Gasteiger partial charge in [0.05, 0.1) is 0 Å². The Labute approximate surface area is 91.3 Å². The van der Waals surface area contributed by atoms with Gasteiger partial charge < -0.3 is 10.2 Å². The Balaban J connectivity index is 1.79. The third-order valence-corrected chi connectivity index (χ3v) is 3.81. The van der Waals surface area contributed by atoms with E-state index in [2.05, 4.69) is 41.4 Å². The smallest absolute Gasteiger partial charge is 0.0369 e. The van der Waals surface area contributed by atoms with E-state index in [1.54, 1.807) is 0 Å². The Morgan fingerprint density at radius 3 is 2.80 bits per heavy atom. The standard InChI is InChI=1S/C13H18N2/c1-11-3-2-4-12(7-11)15-6-5-13(10-15)8-14-9-13/h2-4,7,14H,5-6,8-10H2,1H3. The van der Waals surface area contributed by atoms with Crippen LogP contribution in [0.2, 0.25) is 0 Å². The van der Waals surface area contributed by atoms with Gasteiger partial charge in [0.2, 0.25) is 0 Å². The number of aryl methyl sites for hydroxylation is 1. The molecule has 0 atom stereocenters. The predicted octanol–water partition coefficient (Wildman–Crippen LogP) is 1.79. The van der Waals surface area contributed by atoms with E-state index in [0.29, 0.717) is 5.41 Å². The minimum absolute atomic E-state index is 0.601. The molecule has 2 nitrogen and oxygen atoms in total. The number of anilines is 1. The van der Waals surface area contributed by atoms with Crippen LogP contribution in [0.15, 0.2) is 24.3 Å². The van der Waals surface area contributed by atoms with E-state index < -0.39 is 0 Å². The highest BCUT2D eigenvalue weighted by Crippen LogP contribution is 2.36. The molecule has 2 heteroatoms. The molecular formula is C13H18N2. The molecule has 80 valence electrons. The van der Waals surface area contributed by atoms with Gasteiger partial charge in [-0.3, -0.25) is 0 Å². The van der Waals surface area contributed by atoms with E-state index in [1.165, 1.54) is 43.9 Å². The second-order valence-electron chi connectivity index (χ2n) is 5.11. The van der Waals surface area contributed by atoms with E-state index in [1.807, 2.05) is 0 Å². The van der Waals surface area contributed by atoms with Crippen LogP contribution in [-0.2, 0) is 0 Å². The highest BCUT2D eigenvalue weighted by Gasteiger charge is 2.42. The molecule has 1 aromatic carbocycles. The Bertz CT molecular complexity index is 369. The minimum atomic E-state index is 0.601. The lowest BCUT2D eigenvalue weighted by molar-refractivity contribution is 0.200. The lowest BCUT2D eigenvalue weighted by atomic mass is 9.81. The Morgan fingerprint density at radius 1 is 1.33 bits per heavy atom. The first-order chi connectivity index (χ1) is 7.27. The number of hydrogen-bond donors (Lipinski definition) is 1. The van der Waals surface area contributed by atoms with Crippen LogP contribution in [-0.4, -0.2) is 26.2 Å². The lowest BCUT2D eigenvalue weighted by Gasteiger charge is -2.39. The van der Waals surface area contributed by atoms with Crippen molar-refractivity contribution in [2.24, 2.45) is 5.41 Å². The summed E-state index contributed by atoms with van der Waals surface area (Å²) in [7, 11) is 0. The van der Waals surface area contributed by atoms with E-state index in [-0.39, 0.29) is 0 Å². The van der Waals surface area contributed by atoms with Crippen LogP contribution in [0.5, 0.6) is 0 Å². The molecule has 1 spiro atoms. The molecular weight excluding hydrogens is 184 g/mol. The van der Waals surface area contributed by atoms with Crippen LogP contribution < -0.4 is 10.2 Å². The zero-order chi connectivity index (χ0) is 10.3. The van der Waals surface area contributed by atoms with Gasteiger partial charge in [-0.15, -0.1) is 0 Å². The second kappa shape index (κ2) is 3.24. The molecule has 1 aromatic rings. The fourth-order valence-corrected chi connectivity index (χ4v) is 2.75. The molecule has 0 aliphatic carbocycles. The van der Waals surface area contributed by atoms with E-state index >= 15 is 0 Å². The van der Waals surface area contributed by atoms with Crippen molar-refractivity contribution in [1.29, 1.82) is 0 Å². The van der Waals surface area contributed by atoms with Crippen LogP contribution in [0.25, 0.3) is 0 Å². The predicted molar refractivity (Wildman–Crippen MR) is 63.3 cm³/mol. The van der Waals surface area contributed by atoms with Gasteiger partial charge in [0.25, 0.3) is 0 Å². The van der Waals surface area contributed by atoms with Crippen molar-refractivity contribution in [1.82, 2.24) is 5.32 Å². The molecule has 0 bridgehead atoms. The Kier molecular flexibility index (Phi) is 1.99. The van der Waals surface area contributed by atoms with Crippen molar-refractivity contribution < 1.29 is 0 Å². The van der Waals surface area contributed by atoms with Crippen molar-refractivity contribution >= 4 is 5.69 Å². The van der Waals surface area contributed by atoms with Crippen LogP contribution in [0.1, 0.15) is 12.0 Å². The first-order valence-electron chi connectivity index (χ1n) is 5.80. The first-order valence-corrected chi connectivity index (χ1v) is 5.80. The molecule has 0 saturated carbocycles. The molecule has 2 saturated heterocycles. The van der Waals surface area contributed by atoms with Gasteiger partial charge in [-0.2, -0.15) is 0 Å². The third kappa shape index (κ3) is 1.53. The van der Waals surface area contributed by atoms with Gasteiger partial charge in [-0.1, -0.05) is 12.1 Å². The van der Waals surface area contributed by atoms with Crippen LogP contribution in [0.4, 0.5) is 5.69 Å². The van der Waals surface area contributed by atoms with E-state index in [4.69, 9.17) is 0 Å². The summed E-state index contributed by atoms with van der Waals surface area (Å²) >= 11 is 0. The maximum absolute atomic E-state index is 3.40. The van der Waals surface area contributed by atoms with E-state index in [9.17, 15) is 0 Å². The summed E-state index contributed by atoms with van der Waals surface area (Å²) in [6.45, 7) is 7.07. The molecule has 1 N–H and O–H groups in total. The lowest BCUT2D eigenvalue weighted by Crippen LogP contribution is -2.54. The van der Waals surface area contributed by atoms with Crippen LogP contribution in [0, 0.1) is 12.3 Å². The fraction of sp³-hybridized carbons (Fsp3) is 0.538. The van der Waals surface area contributed by atoms with Crippen molar-refractivity contribution in [2.75, 3.05) is 31.1 Å². The van der Waals surface area contributed by atoms with Gasteiger partial charge >= 0.3 is 0 Å². The molecule has 0 amide bonds. The number of benzene rings is 1. The SMILES string of the molecule is Cc1cccc(N2CCC3(CNC3)C2)c1. The number of nitrogens with zero attached hydrogens (tertiary/aromatic N) is 1. The summed E-state index contributed by atoms with van der Waals surface area (Å²) in [4.78, 5) is 2.54. The summed E-state index contributed by atoms with van der Waals surface area (Å²) in [5, 5.41) is 3.40. The molecule has 0 aromatic heterocycles. The highest BCUT2D eigenvalue weighted by molar-refractivity contribution is 5.50. The minimum Gasteiger partial charge on any atom is -0.371 e. The summed E-state index contributed by atoms with van der Waals surface area (Å²) in [5.74, 6) is 0. The maximum atomic E-state index is 3.40. The topological polar surface area (TPSA) is 15.3 Å². The van der Waals surface area contributed by atoms with Gasteiger partial charge in [0, 0.05) is 37.3 Å². The molecule has 2 aliphatic rings. The third-order valence-electron chi connectivity index (χ3n) is 3.81. The number of nitrogens with one attached hydrogen (secondary N) is 1. The average molecular weight is 202 g/mol. The van der Waals surface area contributed by atoms with Gasteiger partial charge in [-0.05, 0) is 31.0 Å². The number of rotatable bonds is 1. The largest absolute Gasteiger partial charge is 0.371 e. The van der Waals surface area contributed by atoms with Crippen molar-refractivity contribution in [2.45, 2.75) is 13.3 Å². The molecule has 3 rings (SSSR count). The molecule has 2 aliphatic heterocycles. The Hall–Kier alpha value is -1.02. The Morgan fingerprint density at radius 2 is 2.20 bits per heavy atom. The van der Waals surface area contributed by atoms with Crippen LogP contribution in [0.3, 0.4) is 0 Å². The molecule has 0 radical (unpaired) electrons. The summed E-state index contributed by atoms with van der Waals surface area (Å²) in [5.41, 5.74) is 3.36. The summed E-state index contributed by atoms with van der Waals surface area (Å²) in [6.07, 6.45) is 1.36. The van der Waals surface area contributed by atoms with Crippen LogP contribution >= 0.6 is 0 Å². The summed E-state index contributed by atoms with van der Waals surface area (Å²) < 4.78 is 0. The molecule has 0 unspecified atom stereocenters.